The summed E-state index contributed by atoms with van der Waals surface area (Å²) in [6.07, 6.45) is 5.97. The molecule has 0 bridgehead atoms. The van der Waals surface area contributed by atoms with Crippen molar-refractivity contribution in [1.82, 2.24) is 9.88 Å². The molecule has 1 aromatic heterocycles. The van der Waals surface area contributed by atoms with Crippen molar-refractivity contribution in [3.8, 4) is 11.1 Å². The molecule has 1 fully saturated rings. The summed E-state index contributed by atoms with van der Waals surface area (Å²) >= 11 is 0. The number of rotatable bonds is 4. The Kier molecular flexibility index (Phi) is 4.97. The third-order valence-corrected chi connectivity index (χ3v) is 6.09. The average Bonchev–Trinajstić information content (AvgIpc) is 3.41. The maximum Gasteiger partial charge on any atom is 0.225 e. The number of amides is 1. The molecule has 0 radical (unpaired) electrons. The first-order valence-electron chi connectivity index (χ1n) is 10.6. The number of hydrogen-bond donors (Lipinski definition) is 0. The molecule has 2 aliphatic heterocycles. The largest absolute Gasteiger partial charge is 0.331 e. The van der Waals surface area contributed by atoms with E-state index in [9.17, 15) is 4.79 Å². The van der Waals surface area contributed by atoms with Gasteiger partial charge in [0.15, 0.2) is 0 Å². The van der Waals surface area contributed by atoms with Crippen LogP contribution in [0.2, 0.25) is 0 Å². The quantitative estimate of drug-likeness (QED) is 0.640. The van der Waals surface area contributed by atoms with Crippen molar-refractivity contribution in [1.29, 1.82) is 0 Å². The van der Waals surface area contributed by atoms with Gasteiger partial charge < -0.3 is 4.90 Å². The van der Waals surface area contributed by atoms with Crippen molar-refractivity contribution in [3.63, 3.8) is 0 Å². The molecule has 1 unspecified atom stereocenters. The van der Waals surface area contributed by atoms with Gasteiger partial charge in [0.2, 0.25) is 5.91 Å². The average molecular weight is 399 g/mol. The van der Waals surface area contributed by atoms with Crippen molar-refractivity contribution >= 4 is 17.3 Å². The third kappa shape index (κ3) is 3.35. The van der Waals surface area contributed by atoms with Crippen LogP contribution in [0, 0.1) is 0 Å². The summed E-state index contributed by atoms with van der Waals surface area (Å²) in [6.45, 7) is 4.65. The van der Waals surface area contributed by atoms with Gasteiger partial charge in [-0.05, 0) is 48.7 Å². The third-order valence-electron chi connectivity index (χ3n) is 6.09. The Morgan fingerprint density at radius 2 is 1.63 bits per heavy atom. The zero-order valence-electron chi connectivity index (χ0n) is 17.2. The first-order valence-corrected chi connectivity index (χ1v) is 10.6. The molecule has 5 nitrogen and oxygen atoms in total. The fourth-order valence-corrected chi connectivity index (χ4v) is 4.65. The minimum Gasteiger partial charge on any atom is -0.331 e. The summed E-state index contributed by atoms with van der Waals surface area (Å²) in [5, 5.41) is 0. The van der Waals surface area contributed by atoms with Gasteiger partial charge in [-0.25, -0.2) is 0 Å². The highest BCUT2D eigenvalue weighted by molar-refractivity contribution is 5.99. The number of anilines is 2. The molecule has 30 heavy (non-hydrogen) atoms. The molecule has 0 saturated carbocycles. The number of pyridine rings is 1. The summed E-state index contributed by atoms with van der Waals surface area (Å²) in [5.41, 5.74) is 5.45. The number of carbonyl (C=O) groups is 1. The Bertz CT molecular complexity index is 1030. The van der Waals surface area contributed by atoms with E-state index < -0.39 is 0 Å². The fraction of sp³-hybridized carbons (Fsp3) is 0.280. The number of aromatic nitrogens is 1. The van der Waals surface area contributed by atoms with E-state index >= 15 is 0 Å². The molecule has 5 heteroatoms. The Morgan fingerprint density at radius 3 is 2.33 bits per heavy atom. The number of benzene rings is 2. The molecule has 1 saturated heterocycles. The van der Waals surface area contributed by atoms with Gasteiger partial charge in [0, 0.05) is 13.1 Å². The number of fused-ring (bicyclic) bond motifs is 1. The predicted molar refractivity (Wildman–Crippen MR) is 120 cm³/mol. The zero-order valence-corrected chi connectivity index (χ0v) is 17.2. The van der Waals surface area contributed by atoms with Gasteiger partial charge in [-0.15, -0.1) is 0 Å². The van der Waals surface area contributed by atoms with Crippen molar-refractivity contribution < 1.29 is 4.79 Å². The monoisotopic (exact) mass is 398 g/mol. The predicted octanol–water partition coefficient (Wildman–Crippen LogP) is 4.67. The first-order chi connectivity index (χ1) is 14.7. The van der Waals surface area contributed by atoms with Crippen LogP contribution >= 0.6 is 0 Å². The lowest BCUT2D eigenvalue weighted by Crippen LogP contribution is -2.43. The molecular weight excluding hydrogens is 372 g/mol. The van der Waals surface area contributed by atoms with Crippen LogP contribution in [0.3, 0.4) is 0 Å². The van der Waals surface area contributed by atoms with Gasteiger partial charge in [0.1, 0.15) is 6.17 Å². The van der Waals surface area contributed by atoms with Crippen LogP contribution in [0.25, 0.3) is 11.1 Å². The number of hydrogen-bond acceptors (Lipinski definition) is 4. The molecule has 5 rings (SSSR count). The van der Waals surface area contributed by atoms with E-state index in [1.807, 2.05) is 23.2 Å². The molecule has 0 aliphatic carbocycles. The van der Waals surface area contributed by atoms with Crippen molar-refractivity contribution in [2.75, 3.05) is 29.6 Å². The number of likely N-dealkylation sites (tertiary alicyclic amines) is 1. The second-order valence-electron chi connectivity index (χ2n) is 8.05. The van der Waals surface area contributed by atoms with E-state index in [2.05, 4.69) is 63.3 Å². The molecule has 2 aliphatic rings. The van der Waals surface area contributed by atoms with E-state index in [0.29, 0.717) is 0 Å². The van der Waals surface area contributed by atoms with Crippen LogP contribution in [0.4, 0.5) is 11.4 Å². The molecule has 2 aromatic carbocycles. The summed E-state index contributed by atoms with van der Waals surface area (Å²) < 4.78 is 0. The summed E-state index contributed by atoms with van der Waals surface area (Å²) in [7, 11) is 0. The fourth-order valence-electron chi connectivity index (χ4n) is 4.65. The van der Waals surface area contributed by atoms with Crippen molar-refractivity contribution in [2.24, 2.45) is 0 Å². The first kappa shape index (κ1) is 18.8. The summed E-state index contributed by atoms with van der Waals surface area (Å²) in [4.78, 5) is 23.8. The second kappa shape index (κ2) is 7.92. The highest BCUT2D eigenvalue weighted by Crippen LogP contribution is 2.46. The molecular formula is C25H26N4O. The molecule has 3 aromatic rings. The second-order valence-corrected chi connectivity index (χ2v) is 8.05. The van der Waals surface area contributed by atoms with Gasteiger partial charge in [-0.1, -0.05) is 54.6 Å². The summed E-state index contributed by atoms with van der Waals surface area (Å²) in [6, 6.07) is 20.9. The van der Waals surface area contributed by atoms with Crippen LogP contribution < -0.4 is 9.80 Å². The molecule has 152 valence electrons. The van der Waals surface area contributed by atoms with Crippen molar-refractivity contribution in [3.05, 3.63) is 78.6 Å². The van der Waals surface area contributed by atoms with E-state index in [1.54, 1.807) is 13.1 Å². The van der Waals surface area contributed by atoms with E-state index in [-0.39, 0.29) is 12.1 Å². The SMILES string of the molecule is CC(=O)N1c2ccncc2N(CN2CCCC2)C1c1ccc(-c2ccccc2)cc1. The Morgan fingerprint density at radius 1 is 0.933 bits per heavy atom. The molecule has 1 amide bonds. The topological polar surface area (TPSA) is 39.7 Å². The van der Waals surface area contributed by atoms with Crippen LogP contribution in [0.5, 0.6) is 0 Å². The van der Waals surface area contributed by atoms with E-state index in [1.165, 1.54) is 24.0 Å². The maximum atomic E-state index is 12.7. The molecule has 0 N–H and O–H groups in total. The van der Waals surface area contributed by atoms with Gasteiger partial charge in [0.05, 0.1) is 24.2 Å². The minimum atomic E-state index is -0.160. The van der Waals surface area contributed by atoms with Crippen LogP contribution in [-0.2, 0) is 4.79 Å². The highest BCUT2D eigenvalue weighted by Gasteiger charge is 2.40. The Balaban J connectivity index is 1.54. The molecule has 0 spiro atoms. The van der Waals surface area contributed by atoms with Gasteiger partial charge >= 0.3 is 0 Å². The molecule has 1 atom stereocenters. The van der Waals surface area contributed by atoms with E-state index in [4.69, 9.17) is 0 Å². The van der Waals surface area contributed by atoms with Gasteiger partial charge in [-0.2, -0.15) is 0 Å². The van der Waals surface area contributed by atoms with Crippen LogP contribution in [0.1, 0.15) is 31.5 Å². The van der Waals surface area contributed by atoms with Gasteiger partial charge in [0.25, 0.3) is 0 Å². The maximum absolute atomic E-state index is 12.7. The minimum absolute atomic E-state index is 0.0449. The highest BCUT2D eigenvalue weighted by atomic mass is 16.2. The standard InChI is InChI=1S/C25H26N4O/c1-19(30)29-23-13-14-26-17-24(23)28(18-27-15-5-6-16-27)25(29)22-11-9-21(10-12-22)20-7-3-2-4-8-20/h2-4,7-14,17,25H,5-6,15-16,18H2,1H3. The van der Waals surface area contributed by atoms with E-state index in [0.717, 1.165) is 36.7 Å². The van der Waals surface area contributed by atoms with Gasteiger partial charge in [-0.3, -0.25) is 19.6 Å². The smallest absolute Gasteiger partial charge is 0.225 e. The lowest BCUT2D eigenvalue weighted by Gasteiger charge is -2.34. The molecule has 3 heterocycles. The number of nitrogens with zero attached hydrogens (tertiary/aromatic N) is 4. The Labute approximate surface area is 177 Å². The normalized spacial score (nSPS) is 18.6. The summed E-state index contributed by atoms with van der Waals surface area (Å²) in [5.74, 6) is 0.0449. The number of carbonyl (C=O) groups excluding carboxylic acids is 1. The lowest BCUT2D eigenvalue weighted by molar-refractivity contribution is -0.117. The zero-order chi connectivity index (χ0) is 20.5. The van der Waals surface area contributed by atoms with Crippen LogP contribution in [-0.4, -0.2) is 35.5 Å². The van der Waals surface area contributed by atoms with Crippen LogP contribution in [0.15, 0.2) is 73.1 Å². The lowest BCUT2D eigenvalue weighted by atomic mass is 10.0. The van der Waals surface area contributed by atoms with Crippen molar-refractivity contribution in [2.45, 2.75) is 25.9 Å². The Hall–Kier alpha value is -3.18.